The van der Waals surface area contributed by atoms with E-state index in [-0.39, 0.29) is 0 Å². The third-order valence-electron chi connectivity index (χ3n) is 10.6. The van der Waals surface area contributed by atoms with Crippen molar-refractivity contribution in [3.8, 4) is 67.5 Å². The molecule has 0 amide bonds. The quantitative estimate of drug-likeness (QED) is 0.171. The SMILES string of the molecule is c1ccc(-c2cccc(-c3nc(-c4ccccc4)nc(-c4cccc5c4sc4c(-c6ccc(-c7ccccc7)c7oc8ccccc8c67)cccc45)n3)c2)cc1. The van der Waals surface area contributed by atoms with Crippen LogP contribution in [0.5, 0.6) is 0 Å². The molecule has 3 aromatic heterocycles. The molecule has 56 heavy (non-hydrogen) atoms. The molecule has 0 aliphatic heterocycles. The highest BCUT2D eigenvalue weighted by Gasteiger charge is 2.21. The first-order valence-electron chi connectivity index (χ1n) is 18.7. The van der Waals surface area contributed by atoms with Gasteiger partial charge in [-0.05, 0) is 46.5 Å². The normalized spacial score (nSPS) is 11.6. The van der Waals surface area contributed by atoms with Crippen molar-refractivity contribution in [2.24, 2.45) is 0 Å². The third-order valence-corrected chi connectivity index (χ3v) is 11.8. The second kappa shape index (κ2) is 13.3. The van der Waals surface area contributed by atoms with Crippen molar-refractivity contribution in [3.63, 3.8) is 0 Å². The van der Waals surface area contributed by atoms with E-state index in [4.69, 9.17) is 19.4 Å². The Labute approximate surface area is 327 Å². The van der Waals surface area contributed by atoms with Gasteiger partial charge in [-0.25, -0.2) is 15.0 Å². The van der Waals surface area contributed by atoms with Gasteiger partial charge in [0.1, 0.15) is 11.2 Å². The second-order valence-corrected chi connectivity index (χ2v) is 14.9. The van der Waals surface area contributed by atoms with Crippen LogP contribution in [0.4, 0.5) is 0 Å². The number of aromatic nitrogens is 3. The molecule has 262 valence electrons. The summed E-state index contributed by atoms with van der Waals surface area (Å²) in [6, 6.07) is 65.5. The van der Waals surface area contributed by atoms with E-state index < -0.39 is 0 Å². The van der Waals surface area contributed by atoms with E-state index in [2.05, 4.69) is 152 Å². The lowest BCUT2D eigenvalue weighted by molar-refractivity contribution is 0.670. The molecule has 0 saturated carbocycles. The van der Waals surface area contributed by atoms with Gasteiger partial charge in [-0.3, -0.25) is 0 Å². The van der Waals surface area contributed by atoms with Crippen LogP contribution in [0.1, 0.15) is 0 Å². The van der Waals surface area contributed by atoms with Crippen LogP contribution in [0, 0.1) is 0 Å². The zero-order valence-electron chi connectivity index (χ0n) is 30.1. The van der Waals surface area contributed by atoms with Crippen LogP contribution in [-0.2, 0) is 0 Å². The predicted molar refractivity (Wildman–Crippen MR) is 233 cm³/mol. The van der Waals surface area contributed by atoms with Crippen molar-refractivity contribution < 1.29 is 4.42 Å². The number of benzene rings is 8. The van der Waals surface area contributed by atoms with E-state index in [1.165, 1.54) is 21.0 Å². The molecule has 3 heterocycles. The highest BCUT2D eigenvalue weighted by molar-refractivity contribution is 7.26. The van der Waals surface area contributed by atoms with Crippen LogP contribution in [0.3, 0.4) is 0 Å². The largest absolute Gasteiger partial charge is 0.455 e. The molecule has 0 atom stereocenters. The van der Waals surface area contributed by atoms with E-state index in [9.17, 15) is 0 Å². The highest BCUT2D eigenvalue weighted by atomic mass is 32.1. The summed E-state index contributed by atoms with van der Waals surface area (Å²) in [7, 11) is 0. The number of rotatable bonds is 6. The molecule has 11 rings (SSSR count). The maximum absolute atomic E-state index is 6.66. The number of fused-ring (bicyclic) bond motifs is 6. The summed E-state index contributed by atoms with van der Waals surface area (Å²) >= 11 is 1.79. The Hall–Kier alpha value is -7.21. The molecule has 0 unspecified atom stereocenters. The smallest absolute Gasteiger partial charge is 0.165 e. The molecule has 0 radical (unpaired) electrons. The molecule has 11 aromatic rings. The second-order valence-electron chi connectivity index (χ2n) is 13.9. The zero-order valence-corrected chi connectivity index (χ0v) is 30.9. The molecule has 0 bridgehead atoms. The number of hydrogen-bond donors (Lipinski definition) is 0. The maximum Gasteiger partial charge on any atom is 0.165 e. The minimum atomic E-state index is 0.637. The van der Waals surface area contributed by atoms with E-state index >= 15 is 0 Å². The fourth-order valence-corrected chi connectivity index (χ4v) is 9.25. The van der Waals surface area contributed by atoms with Crippen molar-refractivity contribution in [1.29, 1.82) is 0 Å². The van der Waals surface area contributed by atoms with Crippen LogP contribution in [0.2, 0.25) is 0 Å². The number of furan rings is 1. The molecule has 0 spiro atoms. The molecule has 0 saturated heterocycles. The van der Waals surface area contributed by atoms with Crippen LogP contribution in [0.15, 0.2) is 192 Å². The van der Waals surface area contributed by atoms with Gasteiger partial charge in [-0.15, -0.1) is 11.3 Å². The van der Waals surface area contributed by atoms with Gasteiger partial charge in [0.05, 0.1) is 0 Å². The molecular weight excluding hydrogens is 703 g/mol. The number of nitrogens with zero attached hydrogens (tertiary/aromatic N) is 3. The average molecular weight is 734 g/mol. The summed E-state index contributed by atoms with van der Waals surface area (Å²) < 4.78 is 9.00. The van der Waals surface area contributed by atoms with Gasteiger partial charge in [0, 0.05) is 58.8 Å². The molecule has 5 heteroatoms. The van der Waals surface area contributed by atoms with E-state index in [1.54, 1.807) is 11.3 Å². The Morgan fingerprint density at radius 1 is 0.339 bits per heavy atom. The molecule has 0 aliphatic carbocycles. The summed E-state index contributed by atoms with van der Waals surface area (Å²) in [6.45, 7) is 0. The lowest BCUT2D eigenvalue weighted by Crippen LogP contribution is -2.00. The molecule has 8 aromatic carbocycles. The third kappa shape index (κ3) is 5.40. The summed E-state index contributed by atoms with van der Waals surface area (Å²) in [5.41, 5.74) is 11.4. The first kappa shape index (κ1) is 32.2. The summed E-state index contributed by atoms with van der Waals surface area (Å²) in [5, 5.41) is 4.61. The first-order valence-corrected chi connectivity index (χ1v) is 19.5. The Kier molecular flexibility index (Phi) is 7.64. The summed E-state index contributed by atoms with van der Waals surface area (Å²) in [5.74, 6) is 1.92. The minimum Gasteiger partial charge on any atom is -0.455 e. The van der Waals surface area contributed by atoms with Crippen LogP contribution in [-0.4, -0.2) is 15.0 Å². The highest BCUT2D eigenvalue weighted by Crippen LogP contribution is 2.47. The first-order chi connectivity index (χ1) is 27.8. The maximum atomic E-state index is 6.66. The van der Waals surface area contributed by atoms with Crippen LogP contribution < -0.4 is 0 Å². The van der Waals surface area contributed by atoms with Crippen LogP contribution >= 0.6 is 11.3 Å². The zero-order chi connectivity index (χ0) is 37.0. The Balaban J connectivity index is 1.12. The lowest BCUT2D eigenvalue weighted by Gasteiger charge is -2.10. The summed E-state index contributed by atoms with van der Waals surface area (Å²) in [4.78, 5) is 15.4. The fourth-order valence-electron chi connectivity index (χ4n) is 7.92. The topological polar surface area (TPSA) is 51.8 Å². The Bertz CT molecular complexity index is 3240. The van der Waals surface area contributed by atoms with Gasteiger partial charge in [0.15, 0.2) is 17.5 Å². The molecule has 0 fully saturated rings. The van der Waals surface area contributed by atoms with Crippen molar-refractivity contribution >= 4 is 53.4 Å². The van der Waals surface area contributed by atoms with Crippen molar-refractivity contribution in [1.82, 2.24) is 15.0 Å². The Morgan fingerprint density at radius 2 is 0.857 bits per heavy atom. The monoisotopic (exact) mass is 733 g/mol. The van der Waals surface area contributed by atoms with Crippen molar-refractivity contribution in [2.45, 2.75) is 0 Å². The minimum absolute atomic E-state index is 0.637. The lowest BCUT2D eigenvalue weighted by atomic mass is 9.94. The van der Waals surface area contributed by atoms with E-state index in [0.717, 1.165) is 71.1 Å². The van der Waals surface area contributed by atoms with Crippen molar-refractivity contribution in [2.75, 3.05) is 0 Å². The van der Waals surface area contributed by atoms with Gasteiger partial charge in [0.25, 0.3) is 0 Å². The predicted octanol–water partition coefficient (Wildman–Crippen LogP) is 14.1. The van der Waals surface area contributed by atoms with Gasteiger partial charge in [0.2, 0.25) is 0 Å². The molecule has 0 N–H and O–H groups in total. The van der Waals surface area contributed by atoms with Gasteiger partial charge in [-0.1, -0.05) is 164 Å². The van der Waals surface area contributed by atoms with Gasteiger partial charge in [-0.2, -0.15) is 0 Å². The molecule has 0 aliphatic rings. The van der Waals surface area contributed by atoms with Gasteiger partial charge >= 0.3 is 0 Å². The van der Waals surface area contributed by atoms with Crippen molar-refractivity contribution in [3.05, 3.63) is 188 Å². The van der Waals surface area contributed by atoms with Gasteiger partial charge < -0.3 is 4.42 Å². The fraction of sp³-hybridized carbons (Fsp3) is 0. The average Bonchev–Trinajstić information content (AvgIpc) is 3.86. The van der Waals surface area contributed by atoms with E-state index in [0.29, 0.717) is 17.5 Å². The Morgan fingerprint density at radius 3 is 1.61 bits per heavy atom. The standard InChI is InChI=1S/C51H31N3OS/c1-4-15-32(16-5-1)35-21-12-22-36(31-35)50-52-49(34-19-8-3-9-20-34)53-51(54-50)43-27-14-26-41-40-25-13-24-39(47(40)56-48(41)43)38-30-29-37(33-17-6-2-7-18-33)46-45(38)42-23-10-11-28-44(42)55-46/h1-31H. The molecular formula is C51H31N3OS. The summed E-state index contributed by atoms with van der Waals surface area (Å²) in [6.07, 6.45) is 0. The van der Waals surface area contributed by atoms with Crippen LogP contribution in [0.25, 0.3) is 110 Å². The van der Waals surface area contributed by atoms with E-state index in [1.807, 2.05) is 36.4 Å². The number of para-hydroxylation sites is 1. The number of hydrogen-bond acceptors (Lipinski definition) is 5. The molecule has 4 nitrogen and oxygen atoms in total. The number of thiophene rings is 1.